The molecule has 0 amide bonds. The fourth-order valence-electron chi connectivity index (χ4n) is 1.19. The quantitative estimate of drug-likeness (QED) is 0.769. The van der Waals surface area contributed by atoms with Crippen molar-refractivity contribution in [3.05, 3.63) is 17.3 Å². The van der Waals surface area contributed by atoms with Crippen LogP contribution in [-0.2, 0) is 0 Å². The van der Waals surface area contributed by atoms with Crippen LogP contribution in [0.2, 0.25) is 5.02 Å². The molecular weight excluding hydrogens is 200 g/mol. The molecule has 0 spiro atoms. The zero-order chi connectivity index (χ0) is 10.1. The second-order valence-electron chi connectivity index (χ2n) is 3.69. The largest absolute Gasteiger partial charge is 0.489 e. The highest BCUT2D eigenvalue weighted by Crippen LogP contribution is 2.30. The first kappa shape index (κ1) is 9.59. The van der Waals surface area contributed by atoms with Crippen LogP contribution in [-0.4, -0.2) is 25.2 Å². The monoisotopic (exact) mass is 212 g/mol. The van der Waals surface area contributed by atoms with Crippen molar-refractivity contribution in [2.75, 3.05) is 19.0 Å². The molecule has 1 aromatic rings. The van der Waals surface area contributed by atoms with E-state index in [0.29, 0.717) is 11.1 Å². The Morgan fingerprint density at radius 1 is 1.50 bits per heavy atom. The minimum atomic E-state index is 0.387. The maximum Gasteiger partial charge on any atom is 0.147 e. The summed E-state index contributed by atoms with van der Waals surface area (Å²) in [5, 5.41) is 0.633. The van der Waals surface area contributed by atoms with Gasteiger partial charge in [0.25, 0.3) is 0 Å². The van der Waals surface area contributed by atoms with E-state index >= 15 is 0 Å². The average molecular weight is 213 g/mol. The number of anilines is 1. The molecule has 1 fully saturated rings. The molecule has 3 nitrogen and oxygen atoms in total. The first-order valence-electron chi connectivity index (χ1n) is 4.66. The Morgan fingerprint density at radius 2 is 2.21 bits per heavy atom. The first-order valence-corrected chi connectivity index (χ1v) is 5.04. The van der Waals surface area contributed by atoms with Gasteiger partial charge in [-0.2, -0.15) is 0 Å². The maximum absolute atomic E-state index is 6.04. The van der Waals surface area contributed by atoms with E-state index in [2.05, 4.69) is 4.98 Å². The van der Waals surface area contributed by atoms with Gasteiger partial charge in [-0.3, -0.25) is 0 Å². The Bertz CT molecular complexity index is 337. The van der Waals surface area contributed by atoms with Crippen LogP contribution >= 0.6 is 11.6 Å². The Hall–Kier alpha value is -0.960. The van der Waals surface area contributed by atoms with Crippen molar-refractivity contribution in [3.8, 4) is 5.75 Å². The summed E-state index contributed by atoms with van der Waals surface area (Å²) in [7, 11) is 3.82. The molecule has 1 aromatic heterocycles. The van der Waals surface area contributed by atoms with E-state index in [9.17, 15) is 0 Å². The molecule has 1 aliphatic rings. The van der Waals surface area contributed by atoms with Gasteiger partial charge in [-0.15, -0.1) is 0 Å². The van der Waals surface area contributed by atoms with Gasteiger partial charge in [-0.1, -0.05) is 11.6 Å². The van der Waals surface area contributed by atoms with Crippen molar-refractivity contribution in [3.63, 3.8) is 0 Å². The molecule has 1 aliphatic carbocycles. The van der Waals surface area contributed by atoms with Gasteiger partial charge >= 0.3 is 0 Å². The van der Waals surface area contributed by atoms with Crippen LogP contribution in [0, 0.1) is 0 Å². The minimum Gasteiger partial charge on any atom is -0.489 e. The van der Waals surface area contributed by atoms with Crippen molar-refractivity contribution in [1.29, 1.82) is 0 Å². The van der Waals surface area contributed by atoms with Gasteiger partial charge in [0.05, 0.1) is 17.3 Å². The van der Waals surface area contributed by atoms with Crippen molar-refractivity contribution in [1.82, 2.24) is 4.98 Å². The van der Waals surface area contributed by atoms with Crippen LogP contribution in [0.1, 0.15) is 12.8 Å². The van der Waals surface area contributed by atoms with E-state index in [0.717, 1.165) is 24.4 Å². The fraction of sp³-hybridized carbons (Fsp3) is 0.500. The number of ether oxygens (including phenoxy) is 1. The number of halogens is 1. The number of pyridine rings is 1. The molecule has 0 aliphatic heterocycles. The molecule has 1 heterocycles. The van der Waals surface area contributed by atoms with Gasteiger partial charge in [-0.05, 0) is 12.8 Å². The lowest BCUT2D eigenvalue weighted by atomic mass is 10.4. The van der Waals surface area contributed by atoms with Gasteiger partial charge in [0.2, 0.25) is 0 Å². The second-order valence-corrected chi connectivity index (χ2v) is 4.10. The average Bonchev–Trinajstić information content (AvgIpc) is 2.87. The van der Waals surface area contributed by atoms with Gasteiger partial charge < -0.3 is 9.64 Å². The summed E-state index contributed by atoms with van der Waals surface area (Å²) < 4.78 is 5.58. The molecule has 0 bridgehead atoms. The fourth-order valence-corrected chi connectivity index (χ4v) is 1.51. The predicted molar refractivity (Wildman–Crippen MR) is 57.2 cm³/mol. The molecule has 76 valence electrons. The highest BCUT2D eigenvalue weighted by molar-refractivity contribution is 6.33. The van der Waals surface area contributed by atoms with Crippen LogP contribution in [0.25, 0.3) is 0 Å². The molecule has 0 aromatic carbocycles. The smallest absolute Gasteiger partial charge is 0.147 e. The van der Waals surface area contributed by atoms with Crippen LogP contribution in [0.3, 0.4) is 0 Å². The SMILES string of the molecule is CN(C)c1ncc(OC2CC2)cc1Cl. The van der Waals surface area contributed by atoms with E-state index in [-0.39, 0.29) is 0 Å². The number of aromatic nitrogens is 1. The molecule has 4 heteroatoms. The maximum atomic E-state index is 6.04. The zero-order valence-corrected chi connectivity index (χ0v) is 9.08. The summed E-state index contributed by atoms with van der Waals surface area (Å²) in [6.07, 6.45) is 4.40. The summed E-state index contributed by atoms with van der Waals surface area (Å²) in [6, 6.07) is 1.82. The van der Waals surface area contributed by atoms with Crippen LogP contribution in [0.4, 0.5) is 5.82 Å². The summed E-state index contributed by atoms with van der Waals surface area (Å²) in [6.45, 7) is 0. The summed E-state index contributed by atoms with van der Waals surface area (Å²) in [4.78, 5) is 6.11. The number of rotatable bonds is 3. The van der Waals surface area contributed by atoms with Crippen molar-refractivity contribution in [2.45, 2.75) is 18.9 Å². The van der Waals surface area contributed by atoms with Crippen molar-refractivity contribution < 1.29 is 4.74 Å². The summed E-state index contributed by atoms with van der Waals surface area (Å²) in [5.41, 5.74) is 0. The number of hydrogen-bond acceptors (Lipinski definition) is 3. The van der Waals surface area contributed by atoms with Crippen LogP contribution in [0.5, 0.6) is 5.75 Å². The Labute approximate surface area is 88.6 Å². The highest BCUT2D eigenvalue weighted by Gasteiger charge is 2.23. The van der Waals surface area contributed by atoms with Gasteiger partial charge in [-0.25, -0.2) is 4.98 Å². The third-order valence-corrected chi connectivity index (χ3v) is 2.33. The minimum absolute atomic E-state index is 0.387. The lowest BCUT2D eigenvalue weighted by Gasteiger charge is -2.13. The molecule has 0 N–H and O–H groups in total. The van der Waals surface area contributed by atoms with Crippen molar-refractivity contribution in [2.24, 2.45) is 0 Å². The Balaban J connectivity index is 2.16. The topological polar surface area (TPSA) is 25.4 Å². The Kier molecular flexibility index (Phi) is 2.50. The number of hydrogen-bond donors (Lipinski definition) is 0. The first-order chi connectivity index (χ1) is 6.66. The van der Waals surface area contributed by atoms with E-state index in [1.54, 1.807) is 6.20 Å². The lowest BCUT2D eigenvalue weighted by molar-refractivity contribution is 0.302. The lowest BCUT2D eigenvalue weighted by Crippen LogP contribution is -2.11. The molecule has 2 rings (SSSR count). The Morgan fingerprint density at radius 3 is 2.71 bits per heavy atom. The molecular formula is C10H13ClN2O. The van der Waals surface area contributed by atoms with Gasteiger partial charge in [0.1, 0.15) is 11.6 Å². The van der Waals surface area contributed by atoms with E-state index in [1.165, 1.54) is 0 Å². The third-order valence-electron chi connectivity index (χ3n) is 2.05. The standard InChI is InChI=1S/C10H13ClN2O/c1-13(2)10-9(11)5-8(6-12-10)14-7-3-4-7/h5-7H,3-4H2,1-2H3. The van der Waals surface area contributed by atoms with E-state index in [4.69, 9.17) is 16.3 Å². The third kappa shape index (κ3) is 2.10. The highest BCUT2D eigenvalue weighted by atomic mass is 35.5. The van der Waals surface area contributed by atoms with Gasteiger partial charge in [0, 0.05) is 20.2 Å². The molecule has 0 saturated heterocycles. The zero-order valence-electron chi connectivity index (χ0n) is 8.33. The summed E-state index contributed by atoms with van der Waals surface area (Å²) >= 11 is 6.04. The van der Waals surface area contributed by atoms with E-state index < -0.39 is 0 Å². The molecule has 0 atom stereocenters. The molecule has 0 radical (unpaired) electrons. The second kappa shape index (κ2) is 3.65. The van der Waals surface area contributed by atoms with Crippen LogP contribution < -0.4 is 9.64 Å². The molecule has 0 unspecified atom stereocenters. The van der Waals surface area contributed by atoms with Crippen LogP contribution in [0.15, 0.2) is 12.3 Å². The summed E-state index contributed by atoms with van der Waals surface area (Å²) in [5.74, 6) is 1.54. The molecule has 1 saturated carbocycles. The number of nitrogens with zero attached hydrogens (tertiary/aromatic N) is 2. The predicted octanol–water partition coefficient (Wildman–Crippen LogP) is 2.34. The van der Waals surface area contributed by atoms with Gasteiger partial charge in [0.15, 0.2) is 0 Å². The normalized spacial score (nSPS) is 15.4. The van der Waals surface area contributed by atoms with Crippen molar-refractivity contribution >= 4 is 17.4 Å². The van der Waals surface area contributed by atoms with E-state index in [1.807, 2.05) is 25.1 Å². The molecule has 14 heavy (non-hydrogen) atoms.